The predicted molar refractivity (Wildman–Crippen MR) is 61.2 cm³/mol. The largest absolute Gasteiger partial charge is 0.444 e. The molecule has 1 aliphatic carbocycles. The molecule has 0 heterocycles. The molecular weight excluding hydrogens is 214 g/mol. The highest BCUT2D eigenvalue weighted by Gasteiger charge is 2.32. The summed E-state index contributed by atoms with van der Waals surface area (Å²) in [5.74, 6) is 0. The van der Waals surface area contributed by atoms with Gasteiger partial charge >= 0.3 is 6.09 Å². The van der Waals surface area contributed by atoms with Crippen molar-refractivity contribution in [1.82, 2.24) is 5.32 Å². The van der Waals surface area contributed by atoms with Gasteiger partial charge in [0.15, 0.2) is 0 Å². The molecule has 1 saturated carbocycles. The predicted octanol–water partition coefficient (Wildman–Crippen LogP) is 1.33. The standard InChI is InChI=1S/C10H19NO3S/c1-10(2,3)14-9(13)11-6-4-7(12)8(15)5-6/h6-8,12,15H,4-5H2,1-3H3,(H,11,13)/t6?,7-,8?/m0/s1. The van der Waals surface area contributed by atoms with Crippen LogP contribution in [0.5, 0.6) is 0 Å². The fraction of sp³-hybridized carbons (Fsp3) is 0.900. The fourth-order valence-corrected chi connectivity index (χ4v) is 1.96. The van der Waals surface area contributed by atoms with Crippen LogP contribution in [0.1, 0.15) is 33.6 Å². The Morgan fingerprint density at radius 1 is 1.47 bits per heavy atom. The number of nitrogens with one attached hydrogen (secondary N) is 1. The van der Waals surface area contributed by atoms with Crippen LogP contribution in [0.25, 0.3) is 0 Å². The van der Waals surface area contributed by atoms with Gasteiger partial charge in [0, 0.05) is 11.3 Å². The number of carbonyl (C=O) groups is 1. The Kier molecular flexibility index (Phi) is 3.89. The van der Waals surface area contributed by atoms with Crippen LogP contribution in [-0.4, -0.2) is 34.2 Å². The molecule has 0 aromatic rings. The van der Waals surface area contributed by atoms with E-state index in [1.165, 1.54) is 0 Å². The van der Waals surface area contributed by atoms with E-state index >= 15 is 0 Å². The molecular formula is C10H19NO3S. The van der Waals surface area contributed by atoms with Crippen LogP contribution in [0.3, 0.4) is 0 Å². The van der Waals surface area contributed by atoms with Gasteiger partial charge in [0.25, 0.3) is 0 Å². The summed E-state index contributed by atoms with van der Waals surface area (Å²) in [5, 5.41) is 12.1. The fourth-order valence-electron chi connectivity index (χ4n) is 1.59. The van der Waals surface area contributed by atoms with Crippen molar-refractivity contribution in [3.63, 3.8) is 0 Å². The molecule has 0 aliphatic heterocycles. The lowest BCUT2D eigenvalue weighted by atomic mass is 10.2. The Bertz CT molecular complexity index is 229. The average molecular weight is 233 g/mol. The molecule has 0 bridgehead atoms. The molecule has 2 unspecified atom stereocenters. The van der Waals surface area contributed by atoms with Crippen LogP contribution in [0, 0.1) is 0 Å². The first-order valence-electron chi connectivity index (χ1n) is 5.13. The summed E-state index contributed by atoms with van der Waals surface area (Å²) in [6.07, 6.45) is 0.368. The summed E-state index contributed by atoms with van der Waals surface area (Å²) >= 11 is 4.21. The number of rotatable bonds is 1. The van der Waals surface area contributed by atoms with Gasteiger partial charge in [0.1, 0.15) is 5.60 Å². The van der Waals surface area contributed by atoms with E-state index in [1.807, 2.05) is 20.8 Å². The molecule has 0 saturated heterocycles. The molecule has 4 nitrogen and oxygen atoms in total. The van der Waals surface area contributed by atoms with E-state index in [4.69, 9.17) is 4.74 Å². The maximum atomic E-state index is 11.4. The van der Waals surface area contributed by atoms with Crippen molar-refractivity contribution in [2.75, 3.05) is 0 Å². The number of carbonyl (C=O) groups excluding carboxylic acids is 1. The molecule has 3 atom stereocenters. The van der Waals surface area contributed by atoms with Gasteiger partial charge in [-0.1, -0.05) is 0 Å². The molecule has 0 spiro atoms. The molecule has 2 N–H and O–H groups in total. The number of alkyl carbamates (subject to hydrolysis) is 1. The van der Waals surface area contributed by atoms with Crippen LogP contribution in [0.15, 0.2) is 0 Å². The zero-order valence-corrected chi connectivity index (χ0v) is 10.3. The minimum atomic E-state index is -0.484. The monoisotopic (exact) mass is 233 g/mol. The Morgan fingerprint density at radius 2 is 2.07 bits per heavy atom. The minimum Gasteiger partial charge on any atom is -0.444 e. The molecule has 88 valence electrons. The molecule has 0 aromatic heterocycles. The molecule has 1 aliphatic rings. The minimum absolute atomic E-state index is 0.0302. The first-order chi connectivity index (χ1) is 6.78. The van der Waals surface area contributed by atoms with Gasteiger partial charge < -0.3 is 15.2 Å². The number of amides is 1. The van der Waals surface area contributed by atoms with E-state index in [9.17, 15) is 9.90 Å². The molecule has 1 fully saturated rings. The Labute approximate surface area is 95.8 Å². The van der Waals surface area contributed by atoms with Crippen molar-refractivity contribution < 1.29 is 14.6 Å². The summed E-state index contributed by atoms with van der Waals surface area (Å²) in [6.45, 7) is 5.45. The lowest BCUT2D eigenvalue weighted by Crippen LogP contribution is -2.38. The van der Waals surface area contributed by atoms with Gasteiger partial charge in [-0.3, -0.25) is 0 Å². The highest BCUT2D eigenvalue weighted by Crippen LogP contribution is 2.24. The third-order valence-corrected chi connectivity index (χ3v) is 2.77. The van der Waals surface area contributed by atoms with Gasteiger partial charge in [-0.25, -0.2) is 4.79 Å². The molecule has 0 aromatic carbocycles. The second-order valence-corrected chi connectivity index (χ2v) is 5.61. The van der Waals surface area contributed by atoms with E-state index in [0.717, 1.165) is 0 Å². The Morgan fingerprint density at radius 3 is 2.47 bits per heavy atom. The smallest absolute Gasteiger partial charge is 0.407 e. The van der Waals surface area contributed by atoms with Crippen molar-refractivity contribution in [1.29, 1.82) is 0 Å². The molecule has 1 amide bonds. The first kappa shape index (κ1) is 12.6. The quantitative estimate of drug-likeness (QED) is 0.599. The molecule has 0 radical (unpaired) electrons. The second-order valence-electron chi connectivity index (χ2n) is 4.95. The summed E-state index contributed by atoms with van der Waals surface area (Å²) in [5.41, 5.74) is -0.484. The maximum Gasteiger partial charge on any atom is 0.407 e. The molecule has 15 heavy (non-hydrogen) atoms. The van der Waals surface area contributed by atoms with Gasteiger partial charge in [-0.15, -0.1) is 0 Å². The van der Waals surface area contributed by atoms with Crippen LogP contribution >= 0.6 is 12.6 Å². The van der Waals surface area contributed by atoms with E-state index in [1.54, 1.807) is 0 Å². The van der Waals surface area contributed by atoms with E-state index in [0.29, 0.717) is 12.8 Å². The van der Waals surface area contributed by atoms with Crippen LogP contribution in [0.2, 0.25) is 0 Å². The Hall–Kier alpha value is -0.420. The molecule has 1 rings (SSSR count). The van der Waals surface area contributed by atoms with Gasteiger partial charge in [0.05, 0.1) is 6.10 Å². The highest BCUT2D eigenvalue weighted by molar-refractivity contribution is 7.81. The van der Waals surface area contributed by atoms with Crippen molar-refractivity contribution in [3.8, 4) is 0 Å². The number of thiol groups is 1. The summed E-state index contributed by atoms with van der Waals surface area (Å²) < 4.78 is 5.11. The van der Waals surface area contributed by atoms with E-state index in [2.05, 4.69) is 17.9 Å². The third kappa shape index (κ3) is 4.30. The van der Waals surface area contributed by atoms with Gasteiger partial charge in [0.2, 0.25) is 0 Å². The van der Waals surface area contributed by atoms with Crippen molar-refractivity contribution >= 4 is 18.7 Å². The van der Waals surface area contributed by atoms with Gasteiger partial charge in [-0.2, -0.15) is 12.6 Å². The van der Waals surface area contributed by atoms with Gasteiger partial charge in [-0.05, 0) is 33.6 Å². The summed E-state index contributed by atoms with van der Waals surface area (Å²) in [4.78, 5) is 11.4. The average Bonchev–Trinajstić information content (AvgIpc) is 2.26. The van der Waals surface area contributed by atoms with Crippen LogP contribution in [0.4, 0.5) is 4.79 Å². The van der Waals surface area contributed by atoms with Crippen molar-refractivity contribution in [2.24, 2.45) is 0 Å². The first-order valence-corrected chi connectivity index (χ1v) is 5.65. The van der Waals surface area contributed by atoms with Crippen molar-refractivity contribution in [3.05, 3.63) is 0 Å². The van der Waals surface area contributed by atoms with Crippen LogP contribution in [-0.2, 0) is 4.74 Å². The lowest BCUT2D eigenvalue weighted by Gasteiger charge is -2.21. The number of hydrogen-bond donors (Lipinski definition) is 3. The number of aliphatic hydroxyl groups is 1. The maximum absolute atomic E-state index is 11.4. The lowest BCUT2D eigenvalue weighted by molar-refractivity contribution is 0.0502. The second kappa shape index (κ2) is 4.61. The normalized spacial score (nSPS) is 31.4. The highest BCUT2D eigenvalue weighted by atomic mass is 32.1. The summed E-state index contributed by atoms with van der Waals surface area (Å²) in [7, 11) is 0. The number of aliphatic hydroxyl groups excluding tert-OH is 1. The Balaban J connectivity index is 2.34. The van der Waals surface area contributed by atoms with Crippen LogP contribution < -0.4 is 5.32 Å². The van der Waals surface area contributed by atoms with E-state index in [-0.39, 0.29) is 11.3 Å². The van der Waals surface area contributed by atoms with Crippen molar-refractivity contribution in [2.45, 2.75) is 56.6 Å². The topological polar surface area (TPSA) is 58.6 Å². The molecule has 5 heteroatoms. The summed E-state index contributed by atoms with van der Waals surface area (Å²) in [6, 6.07) is -0.0302. The SMILES string of the molecule is CC(C)(C)OC(=O)NC1CC(S)[C@@H](O)C1. The third-order valence-electron chi connectivity index (χ3n) is 2.22. The van der Waals surface area contributed by atoms with E-state index < -0.39 is 17.8 Å². The number of ether oxygens (including phenoxy) is 1. The zero-order valence-electron chi connectivity index (χ0n) is 9.36. The zero-order chi connectivity index (χ0) is 11.6. The number of hydrogen-bond acceptors (Lipinski definition) is 4.